The summed E-state index contributed by atoms with van der Waals surface area (Å²) in [6, 6.07) is 15.0. The number of halogens is 2. The molecule has 36 heavy (non-hydrogen) atoms. The molecule has 0 bridgehead atoms. The molecular formula is C27H22Cl2N4O3. The van der Waals surface area contributed by atoms with Crippen LogP contribution in [0.25, 0.3) is 33.5 Å². The highest BCUT2D eigenvalue weighted by molar-refractivity contribution is 6.33. The molecule has 182 valence electrons. The summed E-state index contributed by atoms with van der Waals surface area (Å²) < 4.78 is 5.90. The average molecular weight is 521 g/mol. The molecule has 9 heteroatoms. The maximum atomic E-state index is 12.6. The summed E-state index contributed by atoms with van der Waals surface area (Å²) in [5.74, 6) is -0.344. The summed E-state index contributed by atoms with van der Waals surface area (Å²) >= 11 is 12.9. The Hall–Kier alpha value is -3.68. The zero-order valence-corrected chi connectivity index (χ0v) is 21.1. The van der Waals surface area contributed by atoms with Gasteiger partial charge in [-0.25, -0.2) is 4.98 Å². The van der Waals surface area contributed by atoms with Crippen molar-refractivity contribution < 1.29 is 14.0 Å². The van der Waals surface area contributed by atoms with Crippen molar-refractivity contribution in [1.29, 1.82) is 0 Å². The summed E-state index contributed by atoms with van der Waals surface area (Å²) in [6.45, 7) is 3.83. The van der Waals surface area contributed by atoms with Crippen LogP contribution in [-0.2, 0) is 4.79 Å². The van der Waals surface area contributed by atoms with Gasteiger partial charge in [-0.3, -0.25) is 9.59 Å². The first-order valence-electron chi connectivity index (χ1n) is 11.5. The number of aromatic nitrogens is 1. The fourth-order valence-corrected chi connectivity index (χ4v) is 4.64. The number of Topliss-reactive ketones (excluding diaryl/α,β-unsaturated/α-hetero) is 1. The Labute approximate surface area is 217 Å². The summed E-state index contributed by atoms with van der Waals surface area (Å²) in [7, 11) is 0. The van der Waals surface area contributed by atoms with Gasteiger partial charge in [0, 0.05) is 48.2 Å². The van der Waals surface area contributed by atoms with Gasteiger partial charge in [0.2, 0.25) is 11.6 Å². The molecule has 2 N–H and O–H groups in total. The number of hydrogen-bond donors (Lipinski definition) is 2. The van der Waals surface area contributed by atoms with E-state index in [2.05, 4.69) is 15.8 Å². The smallest absolute Gasteiger partial charge is 0.229 e. The van der Waals surface area contributed by atoms with Crippen molar-refractivity contribution in [2.24, 2.45) is 5.10 Å². The molecule has 1 amide bonds. The second-order valence-electron chi connectivity index (χ2n) is 8.49. The van der Waals surface area contributed by atoms with Crippen LogP contribution in [0.5, 0.6) is 0 Å². The van der Waals surface area contributed by atoms with Crippen LogP contribution in [0.2, 0.25) is 10.0 Å². The lowest BCUT2D eigenvalue weighted by molar-refractivity contribution is -0.114. The highest BCUT2D eigenvalue weighted by atomic mass is 35.5. The first-order chi connectivity index (χ1) is 17.4. The number of carbonyl (C=O) groups is 2. The van der Waals surface area contributed by atoms with Crippen LogP contribution in [0.1, 0.15) is 42.3 Å². The first-order valence-corrected chi connectivity index (χ1v) is 12.2. The summed E-state index contributed by atoms with van der Waals surface area (Å²) in [4.78, 5) is 29.4. The van der Waals surface area contributed by atoms with Gasteiger partial charge in [0.1, 0.15) is 5.69 Å². The van der Waals surface area contributed by atoms with Gasteiger partial charge in [0.15, 0.2) is 11.5 Å². The van der Waals surface area contributed by atoms with E-state index in [-0.39, 0.29) is 35.5 Å². The predicted molar refractivity (Wildman–Crippen MR) is 143 cm³/mol. The van der Waals surface area contributed by atoms with E-state index < -0.39 is 0 Å². The lowest BCUT2D eigenvalue weighted by Gasteiger charge is -2.14. The molecule has 1 aliphatic rings. The number of rotatable bonds is 6. The van der Waals surface area contributed by atoms with Crippen LogP contribution >= 0.6 is 23.2 Å². The number of carbonyl (C=O) groups excluding carboxylic acids is 2. The molecule has 0 radical (unpaired) electrons. The molecule has 0 fully saturated rings. The minimum Gasteiger partial charge on any atom is -0.432 e. The maximum Gasteiger partial charge on any atom is 0.229 e. The van der Waals surface area contributed by atoms with Crippen molar-refractivity contribution in [2.75, 3.05) is 11.9 Å². The lowest BCUT2D eigenvalue weighted by Crippen LogP contribution is -2.09. The van der Waals surface area contributed by atoms with Crippen molar-refractivity contribution in [2.45, 2.75) is 26.2 Å². The van der Waals surface area contributed by atoms with Gasteiger partial charge >= 0.3 is 0 Å². The summed E-state index contributed by atoms with van der Waals surface area (Å²) in [5.41, 5.74) is 7.42. The van der Waals surface area contributed by atoms with Crippen LogP contribution in [-0.4, -0.2) is 29.4 Å². The molecular weight excluding hydrogens is 499 g/mol. The average Bonchev–Trinajstić information content (AvgIpc) is 3.52. The molecule has 1 atom stereocenters. The molecule has 2 aromatic carbocycles. The first kappa shape index (κ1) is 24.0. The van der Waals surface area contributed by atoms with Crippen LogP contribution in [0.4, 0.5) is 5.69 Å². The fourth-order valence-electron chi connectivity index (χ4n) is 4.24. The molecule has 7 nitrogen and oxygen atoms in total. The topological polar surface area (TPSA) is 96.6 Å². The van der Waals surface area contributed by atoms with Gasteiger partial charge in [0.25, 0.3) is 0 Å². The van der Waals surface area contributed by atoms with Gasteiger partial charge in [-0.05, 0) is 35.4 Å². The monoisotopic (exact) mass is 520 g/mol. The predicted octanol–water partition coefficient (Wildman–Crippen LogP) is 6.69. The third kappa shape index (κ3) is 4.47. The SMILES string of the molecule is CCC(=O)c1oc2nc(-c3ccc(C4C=NNC4)cc3Cl)c(-c3ccc(Cl)cc3)cc2c1NC(C)=O. The highest BCUT2D eigenvalue weighted by Crippen LogP contribution is 2.41. The van der Waals surface area contributed by atoms with E-state index in [0.717, 1.165) is 16.7 Å². The number of amides is 1. The van der Waals surface area contributed by atoms with Crippen LogP contribution in [0.15, 0.2) is 58.0 Å². The number of hydrogen-bond acceptors (Lipinski definition) is 6. The van der Waals surface area contributed by atoms with E-state index in [1.54, 1.807) is 19.1 Å². The Morgan fingerprint density at radius 3 is 2.53 bits per heavy atom. The highest BCUT2D eigenvalue weighted by Gasteiger charge is 2.25. The van der Waals surface area contributed by atoms with Gasteiger partial charge in [-0.15, -0.1) is 0 Å². The number of hydrazone groups is 1. The maximum absolute atomic E-state index is 12.6. The van der Waals surface area contributed by atoms with E-state index in [4.69, 9.17) is 32.6 Å². The molecule has 0 saturated carbocycles. The number of benzene rings is 2. The normalized spacial score (nSPS) is 14.7. The van der Waals surface area contributed by atoms with Crippen molar-refractivity contribution in [3.05, 3.63) is 69.9 Å². The Balaban J connectivity index is 1.75. The molecule has 0 saturated heterocycles. The van der Waals surface area contributed by atoms with Gasteiger partial charge in [-0.2, -0.15) is 5.10 Å². The minimum atomic E-state index is -0.316. The van der Waals surface area contributed by atoms with E-state index in [0.29, 0.717) is 38.9 Å². The number of anilines is 1. The molecule has 4 aromatic rings. The molecule has 1 aliphatic heterocycles. The second-order valence-corrected chi connectivity index (χ2v) is 9.34. The second kappa shape index (κ2) is 9.76. The third-order valence-corrected chi connectivity index (χ3v) is 6.61. The fraction of sp³-hybridized carbons (Fsp3) is 0.185. The lowest BCUT2D eigenvalue weighted by atomic mass is 9.95. The van der Waals surface area contributed by atoms with E-state index in [1.807, 2.05) is 42.6 Å². The zero-order valence-electron chi connectivity index (χ0n) is 19.6. The van der Waals surface area contributed by atoms with Crippen molar-refractivity contribution in [1.82, 2.24) is 10.4 Å². The summed E-state index contributed by atoms with van der Waals surface area (Å²) in [5, 5.41) is 8.48. The minimum absolute atomic E-state index is 0.0730. The van der Waals surface area contributed by atoms with E-state index in [9.17, 15) is 9.59 Å². The number of fused-ring (bicyclic) bond motifs is 1. The van der Waals surface area contributed by atoms with Gasteiger partial charge in [0.05, 0.1) is 16.1 Å². The Morgan fingerprint density at radius 1 is 1.11 bits per heavy atom. The molecule has 0 aliphatic carbocycles. The quantitative estimate of drug-likeness (QED) is 0.276. The van der Waals surface area contributed by atoms with Gasteiger partial charge in [-0.1, -0.05) is 54.4 Å². The standard InChI is InChI=1S/C27H22Cl2N4O3/c1-3-23(35)26-25(32-14(2)34)21-11-20(15-4-7-18(28)8-5-15)24(33-27(21)36-26)19-9-6-16(10-22(19)29)17-12-30-31-13-17/h4-12,17,31H,3,13H2,1-2H3,(H,32,34). The van der Waals surface area contributed by atoms with E-state index in [1.165, 1.54) is 6.92 Å². The van der Waals surface area contributed by atoms with Crippen molar-refractivity contribution >= 4 is 57.9 Å². The number of nitrogens with one attached hydrogen (secondary N) is 2. The number of nitrogens with zero attached hydrogens (tertiary/aromatic N) is 2. The third-order valence-electron chi connectivity index (χ3n) is 6.05. The molecule has 3 heterocycles. The largest absolute Gasteiger partial charge is 0.432 e. The molecule has 0 spiro atoms. The Morgan fingerprint density at radius 2 is 1.89 bits per heavy atom. The van der Waals surface area contributed by atoms with Crippen LogP contribution < -0.4 is 10.7 Å². The van der Waals surface area contributed by atoms with Crippen molar-refractivity contribution in [3.63, 3.8) is 0 Å². The Bertz CT molecular complexity index is 1530. The molecule has 5 rings (SSSR count). The van der Waals surface area contributed by atoms with Crippen molar-refractivity contribution in [3.8, 4) is 22.4 Å². The number of furan rings is 1. The van der Waals surface area contributed by atoms with Crippen LogP contribution in [0.3, 0.4) is 0 Å². The molecule has 2 aromatic heterocycles. The molecule has 1 unspecified atom stereocenters. The zero-order chi connectivity index (χ0) is 25.4. The van der Waals surface area contributed by atoms with E-state index >= 15 is 0 Å². The number of pyridine rings is 1. The Kier molecular flexibility index (Phi) is 6.51. The van der Waals surface area contributed by atoms with Gasteiger partial charge < -0.3 is 15.2 Å². The summed E-state index contributed by atoms with van der Waals surface area (Å²) in [6.07, 6.45) is 2.07. The van der Waals surface area contributed by atoms with Crippen LogP contribution in [0, 0.1) is 0 Å². The number of ketones is 1.